The van der Waals surface area contributed by atoms with E-state index in [0.29, 0.717) is 5.56 Å². The van der Waals surface area contributed by atoms with E-state index in [0.717, 1.165) is 18.2 Å². The highest BCUT2D eigenvalue weighted by atomic mass is 19.3. The molecule has 19 heavy (non-hydrogen) atoms. The van der Waals surface area contributed by atoms with Gasteiger partial charge in [-0.15, -0.1) is 0 Å². The van der Waals surface area contributed by atoms with Crippen LogP contribution in [0.1, 0.15) is 17.6 Å². The minimum absolute atomic E-state index is 0.0790. The first-order chi connectivity index (χ1) is 9.04. The molecular formula is C14H11F4N. The number of hydrogen-bond acceptors (Lipinski definition) is 1. The zero-order valence-electron chi connectivity index (χ0n) is 9.84. The fourth-order valence-electron chi connectivity index (χ4n) is 1.70. The van der Waals surface area contributed by atoms with Crippen LogP contribution in [0.25, 0.3) is 0 Å². The van der Waals surface area contributed by atoms with Gasteiger partial charge in [0.1, 0.15) is 11.6 Å². The fraction of sp³-hybridized carbons (Fsp3) is 0.143. The molecule has 0 aliphatic heterocycles. The van der Waals surface area contributed by atoms with Gasteiger partial charge >= 0.3 is 0 Å². The second kappa shape index (κ2) is 5.73. The minimum Gasteiger partial charge on any atom is -0.381 e. The van der Waals surface area contributed by atoms with Crippen molar-refractivity contribution in [3.63, 3.8) is 0 Å². The monoisotopic (exact) mass is 269 g/mol. The van der Waals surface area contributed by atoms with Crippen LogP contribution in [0.15, 0.2) is 42.5 Å². The molecule has 2 aromatic rings. The predicted octanol–water partition coefficient (Wildman–Crippen LogP) is 4.51. The Labute approximate surface area is 107 Å². The van der Waals surface area contributed by atoms with Crippen molar-refractivity contribution in [1.29, 1.82) is 0 Å². The Kier molecular flexibility index (Phi) is 4.04. The first kappa shape index (κ1) is 13.4. The van der Waals surface area contributed by atoms with Crippen LogP contribution >= 0.6 is 0 Å². The van der Waals surface area contributed by atoms with Crippen LogP contribution in [-0.4, -0.2) is 0 Å². The summed E-state index contributed by atoms with van der Waals surface area (Å²) in [4.78, 5) is 0. The maximum atomic E-state index is 12.9. The summed E-state index contributed by atoms with van der Waals surface area (Å²) in [7, 11) is 0. The second-order valence-electron chi connectivity index (χ2n) is 4.06. The molecule has 0 spiro atoms. The van der Waals surface area contributed by atoms with Crippen molar-refractivity contribution < 1.29 is 17.6 Å². The maximum Gasteiger partial charge on any atom is 0.263 e. The van der Waals surface area contributed by atoms with Gasteiger partial charge in [0, 0.05) is 23.9 Å². The van der Waals surface area contributed by atoms with E-state index in [1.54, 1.807) is 6.07 Å². The number of anilines is 1. The third-order valence-electron chi connectivity index (χ3n) is 2.56. The third-order valence-corrected chi connectivity index (χ3v) is 2.56. The molecule has 1 N–H and O–H groups in total. The highest BCUT2D eigenvalue weighted by Gasteiger charge is 2.07. The number of halogens is 4. The number of nitrogens with one attached hydrogen (secondary N) is 1. The van der Waals surface area contributed by atoms with Crippen molar-refractivity contribution in [1.82, 2.24) is 0 Å². The maximum absolute atomic E-state index is 12.9. The molecule has 100 valence electrons. The van der Waals surface area contributed by atoms with Gasteiger partial charge in [0.25, 0.3) is 6.43 Å². The van der Waals surface area contributed by atoms with Crippen molar-refractivity contribution in [2.75, 3.05) is 5.32 Å². The Hall–Kier alpha value is -2.04. The highest BCUT2D eigenvalue weighted by molar-refractivity contribution is 5.44. The summed E-state index contributed by atoms with van der Waals surface area (Å²) in [6.45, 7) is 0.212. The Morgan fingerprint density at radius 3 is 2.26 bits per heavy atom. The number of rotatable bonds is 4. The number of benzene rings is 2. The summed E-state index contributed by atoms with van der Waals surface area (Å²) in [5.41, 5.74) is 0.798. The summed E-state index contributed by atoms with van der Waals surface area (Å²) in [6.07, 6.45) is -2.54. The van der Waals surface area contributed by atoms with Crippen molar-refractivity contribution in [2.24, 2.45) is 0 Å². The SMILES string of the molecule is Fc1cc(F)cc(NCc2cccc(C(F)F)c2)c1. The molecule has 0 saturated heterocycles. The molecule has 5 heteroatoms. The van der Waals surface area contributed by atoms with Crippen molar-refractivity contribution in [3.8, 4) is 0 Å². The molecule has 0 saturated carbocycles. The minimum atomic E-state index is -2.54. The average Bonchev–Trinajstić information content (AvgIpc) is 2.35. The molecule has 0 amide bonds. The van der Waals surface area contributed by atoms with Gasteiger partial charge in [-0.2, -0.15) is 0 Å². The molecule has 0 fully saturated rings. The zero-order valence-corrected chi connectivity index (χ0v) is 9.84. The van der Waals surface area contributed by atoms with Gasteiger partial charge in [0.2, 0.25) is 0 Å². The van der Waals surface area contributed by atoms with E-state index in [9.17, 15) is 17.6 Å². The molecule has 0 heterocycles. The van der Waals surface area contributed by atoms with Gasteiger partial charge in [-0.25, -0.2) is 17.6 Å². The van der Waals surface area contributed by atoms with Crippen molar-refractivity contribution in [2.45, 2.75) is 13.0 Å². The standard InChI is InChI=1S/C14H11F4N/c15-11-5-12(16)7-13(6-11)19-8-9-2-1-3-10(4-9)14(17)18/h1-7,14,19H,8H2. The Balaban J connectivity index is 2.07. The molecule has 2 rings (SSSR count). The summed E-state index contributed by atoms with van der Waals surface area (Å²) in [5, 5.41) is 2.78. The molecule has 0 atom stereocenters. The largest absolute Gasteiger partial charge is 0.381 e. The zero-order chi connectivity index (χ0) is 13.8. The van der Waals surface area contributed by atoms with E-state index in [1.165, 1.54) is 18.2 Å². The lowest BCUT2D eigenvalue weighted by Crippen LogP contribution is -2.01. The summed E-state index contributed by atoms with van der Waals surface area (Å²) in [5.74, 6) is -1.38. The van der Waals surface area contributed by atoms with Crippen molar-refractivity contribution >= 4 is 5.69 Å². The molecule has 0 radical (unpaired) electrons. The first-order valence-electron chi connectivity index (χ1n) is 5.61. The lowest BCUT2D eigenvalue weighted by Gasteiger charge is -2.08. The van der Waals surface area contributed by atoms with E-state index in [4.69, 9.17) is 0 Å². The molecule has 0 aromatic heterocycles. The van der Waals surface area contributed by atoms with Crippen LogP contribution in [0.5, 0.6) is 0 Å². The van der Waals surface area contributed by atoms with Crippen LogP contribution in [0.2, 0.25) is 0 Å². The Bertz CT molecular complexity index is 549. The second-order valence-corrected chi connectivity index (χ2v) is 4.06. The summed E-state index contributed by atoms with van der Waals surface area (Å²) < 4.78 is 50.9. The van der Waals surface area contributed by atoms with E-state index in [2.05, 4.69) is 5.32 Å². The van der Waals surface area contributed by atoms with Crippen LogP contribution in [-0.2, 0) is 6.54 Å². The van der Waals surface area contributed by atoms with Crippen LogP contribution in [0.4, 0.5) is 23.2 Å². The number of alkyl halides is 2. The van der Waals surface area contributed by atoms with E-state index in [-0.39, 0.29) is 17.8 Å². The van der Waals surface area contributed by atoms with Crippen molar-refractivity contribution in [3.05, 3.63) is 65.2 Å². The van der Waals surface area contributed by atoms with Gasteiger partial charge < -0.3 is 5.32 Å². The van der Waals surface area contributed by atoms with E-state index >= 15 is 0 Å². The molecule has 0 aliphatic rings. The topological polar surface area (TPSA) is 12.0 Å². The van der Waals surface area contributed by atoms with Crippen LogP contribution in [0, 0.1) is 11.6 Å². The average molecular weight is 269 g/mol. The normalized spacial score (nSPS) is 10.8. The van der Waals surface area contributed by atoms with Gasteiger partial charge in [-0.05, 0) is 23.8 Å². The molecular weight excluding hydrogens is 258 g/mol. The van der Waals surface area contributed by atoms with Gasteiger partial charge in [0.15, 0.2) is 0 Å². The summed E-state index contributed by atoms with van der Waals surface area (Å²) in [6, 6.07) is 8.91. The summed E-state index contributed by atoms with van der Waals surface area (Å²) >= 11 is 0. The fourth-order valence-corrected chi connectivity index (χ4v) is 1.70. The highest BCUT2D eigenvalue weighted by Crippen LogP contribution is 2.20. The quantitative estimate of drug-likeness (QED) is 0.805. The lowest BCUT2D eigenvalue weighted by molar-refractivity contribution is 0.151. The van der Waals surface area contributed by atoms with Gasteiger partial charge in [-0.3, -0.25) is 0 Å². The Morgan fingerprint density at radius 2 is 1.63 bits per heavy atom. The van der Waals surface area contributed by atoms with Crippen LogP contribution < -0.4 is 5.32 Å². The van der Waals surface area contributed by atoms with Crippen LogP contribution in [0.3, 0.4) is 0 Å². The third kappa shape index (κ3) is 3.71. The molecule has 0 unspecified atom stereocenters. The van der Waals surface area contributed by atoms with E-state index in [1.807, 2.05) is 0 Å². The number of hydrogen-bond donors (Lipinski definition) is 1. The Morgan fingerprint density at radius 1 is 0.947 bits per heavy atom. The molecule has 0 aliphatic carbocycles. The first-order valence-corrected chi connectivity index (χ1v) is 5.61. The smallest absolute Gasteiger partial charge is 0.263 e. The van der Waals surface area contributed by atoms with Gasteiger partial charge in [-0.1, -0.05) is 18.2 Å². The predicted molar refractivity (Wildman–Crippen MR) is 65.1 cm³/mol. The van der Waals surface area contributed by atoms with E-state index < -0.39 is 18.1 Å². The molecule has 0 bridgehead atoms. The molecule has 1 nitrogen and oxygen atoms in total. The lowest BCUT2D eigenvalue weighted by atomic mass is 10.1. The van der Waals surface area contributed by atoms with Gasteiger partial charge in [0.05, 0.1) is 0 Å². The molecule has 2 aromatic carbocycles.